The predicted molar refractivity (Wildman–Crippen MR) is 97.2 cm³/mol. The number of nitrogens with one attached hydrogen (secondary N) is 1. The molecule has 1 aromatic rings. The van der Waals surface area contributed by atoms with Gasteiger partial charge in [-0.1, -0.05) is 6.42 Å². The van der Waals surface area contributed by atoms with E-state index in [9.17, 15) is 13.2 Å². The average molecular weight is 366 g/mol. The molecule has 2 aliphatic carbocycles. The maximum atomic E-state index is 12.4. The zero-order chi connectivity index (χ0) is 18.0. The summed E-state index contributed by atoms with van der Waals surface area (Å²) in [7, 11) is -3.55. The van der Waals surface area contributed by atoms with Crippen LogP contribution in [0.15, 0.2) is 24.3 Å². The van der Waals surface area contributed by atoms with Gasteiger partial charge >= 0.3 is 0 Å². The van der Waals surface area contributed by atoms with Gasteiger partial charge in [0.1, 0.15) is 12.3 Å². The first-order chi connectivity index (χ1) is 11.9. The zero-order valence-electron chi connectivity index (χ0n) is 14.8. The summed E-state index contributed by atoms with van der Waals surface area (Å²) in [5.41, 5.74) is 0.467. The Hall–Kier alpha value is -1.76. The Morgan fingerprint density at radius 3 is 2.48 bits per heavy atom. The van der Waals surface area contributed by atoms with Gasteiger partial charge in [-0.05, 0) is 62.3 Å². The van der Waals surface area contributed by atoms with Gasteiger partial charge in [0, 0.05) is 6.04 Å². The number of hydrogen-bond acceptors (Lipinski definition) is 4. The number of nitrogens with zero attached hydrogens (tertiary/aromatic N) is 1. The molecule has 1 N–H and O–H groups in total. The van der Waals surface area contributed by atoms with E-state index in [0.717, 1.165) is 22.9 Å². The largest absolute Gasteiger partial charge is 0.494 e. The van der Waals surface area contributed by atoms with Crippen molar-refractivity contribution in [1.82, 2.24) is 5.32 Å². The first-order valence-electron chi connectivity index (χ1n) is 8.86. The average Bonchev–Trinajstić information content (AvgIpc) is 3.15. The van der Waals surface area contributed by atoms with E-state index < -0.39 is 10.0 Å². The highest BCUT2D eigenvalue weighted by Crippen LogP contribution is 2.44. The van der Waals surface area contributed by atoms with Gasteiger partial charge in [0.2, 0.25) is 15.9 Å². The lowest BCUT2D eigenvalue weighted by molar-refractivity contribution is -0.120. The van der Waals surface area contributed by atoms with E-state index in [2.05, 4.69) is 5.32 Å². The SMILES string of the molecule is CCOc1ccc(N(CC(=O)N[C@H]2C[C@@H]3CC[C@@H]2C3)S(C)(=O)=O)cc1. The maximum absolute atomic E-state index is 12.4. The summed E-state index contributed by atoms with van der Waals surface area (Å²) < 4.78 is 30.8. The Balaban J connectivity index is 1.67. The van der Waals surface area contributed by atoms with Gasteiger partial charge in [0.05, 0.1) is 18.6 Å². The lowest BCUT2D eigenvalue weighted by atomic mass is 9.95. The highest BCUT2D eigenvalue weighted by Gasteiger charge is 2.40. The van der Waals surface area contributed by atoms with Crippen molar-refractivity contribution in [1.29, 1.82) is 0 Å². The van der Waals surface area contributed by atoms with Gasteiger partial charge < -0.3 is 10.1 Å². The second-order valence-electron chi connectivity index (χ2n) is 7.05. The van der Waals surface area contributed by atoms with E-state index in [1.165, 1.54) is 19.3 Å². The standard InChI is InChI=1S/C18H26N2O4S/c1-3-24-16-8-6-15(7-9-16)20(25(2,22)23)12-18(21)19-17-11-13-4-5-14(17)10-13/h6-9,13-14,17H,3-5,10-12H2,1-2H3,(H,19,21)/t13-,14-,17+/m1/s1. The third kappa shape index (κ3) is 4.26. The summed E-state index contributed by atoms with van der Waals surface area (Å²) in [5.74, 6) is 1.72. The first kappa shape index (κ1) is 18.0. The molecule has 0 heterocycles. The lowest BCUT2D eigenvalue weighted by Gasteiger charge is -2.26. The molecule has 7 heteroatoms. The summed E-state index contributed by atoms with van der Waals surface area (Å²) in [6, 6.07) is 6.96. The second-order valence-corrected chi connectivity index (χ2v) is 8.95. The van der Waals surface area contributed by atoms with Crippen LogP contribution in [0, 0.1) is 11.8 Å². The Morgan fingerprint density at radius 2 is 1.96 bits per heavy atom. The molecular formula is C18H26N2O4S. The fourth-order valence-electron chi connectivity index (χ4n) is 4.08. The molecule has 0 aromatic heterocycles. The smallest absolute Gasteiger partial charge is 0.241 e. The molecular weight excluding hydrogens is 340 g/mol. The van der Waals surface area contributed by atoms with Crippen molar-refractivity contribution in [3.63, 3.8) is 0 Å². The Morgan fingerprint density at radius 1 is 1.24 bits per heavy atom. The maximum Gasteiger partial charge on any atom is 0.241 e. The van der Waals surface area contributed by atoms with Crippen LogP contribution in [-0.4, -0.2) is 39.8 Å². The third-order valence-corrected chi connectivity index (χ3v) is 6.35. The van der Waals surface area contributed by atoms with Crippen molar-refractivity contribution in [2.75, 3.05) is 23.7 Å². The number of carbonyl (C=O) groups excluding carboxylic acids is 1. The number of sulfonamides is 1. The molecule has 138 valence electrons. The van der Waals surface area contributed by atoms with E-state index in [1.54, 1.807) is 24.3 Å². The van der Waals surface area contributed by atoms with Crippen LogP contribution in [0.3, 0.4) is 0 Å². The zero-order valence-corrected chi connectivity index (χ0v) is 15.6. The van der Waals surface area contributed by atoms with Gasteiger partial charge in [-0.3, -0.25) is 9.10 Å². The van der Waals surface area contributed by atoms with Crippen LogP contribution in [-0.2, 0) is 14.8 Å². The minimum Gasteiger partial charge on any atom is -0.494 e. The van der Waals surface area contributed by atoms with Crippen LogP contribution in [0.5, 0.6) is 5.75 Å². The predicted octanol–water partition coefficient (Wildman–Crippen LogP) is 2.16. The van der Waals surface area contributed by atoms with Crippen LogP contribution < -0.4 is 14.4 Å². The van der Waals surface area contributed by atoms with Gasteiger partial charge in [-0.25, -0.2) is 8.42 Å². The number of rotatable bonds is 7. The minimum absolute atomic E-state index is 0.194. The molecule has 0 spiro atoms. The van der Waals surface area contributed by atoms with Crippen molar-refractivity contribution in [2.45, 2.75) is 38.6 Å². The topological polar surface area (TPSA) is 75.7 Å². The number of carbonyl (C=O) groups is 1. The summed E-state index contributed by atoms with van der Waals surface area (Å²) >= 11 is 0. The molecule has 0 saturated heterocycles. The third-order valence-electron chi connectivity index (χ3n) is 5.21. The molecule has 2 aliphatic rings. The van der Waals surface area contributed by atoms with Crippen molar-refractivity contribution in [3.8, 4) is 5.75 Å². The Labute approximate surface area is 149 Å². The molecule has 0 aliphatic heterocycles. The van der Waals surface area contributed by atoms with Crippen molar-refractivity contribution in [2.24, 2.45) is 11.8 Å². The summed E-state index contributed by atoms with van der Waals surface area (Å²) in [5, 5.41) is 3.04. The number of ether oxygens (including phenoxy) is 1. The molecule has 0 radical (unpaired) electrons. The fourth-order valence-corrected chi connectivity index (χ4v) is 4.94. The highest BCUT2D eigenvalue weighted by molar-refractivity contribution is 7.92. The quantitative estimate of drug-likeness (QED) is 0.802. The molecule has 1 aromatic carbocycles. The van der Waals surface area contributed by atoms with Crippen LogP contribution >= 0.6 is 0 Å². The normalized spacial score (nSPS) is 25.0. The van der Waals surface area contributed by atoms with Crippen LogP contribution in [0.4, 0.5) is 5.69 Å². The number of hydrogen-bond donors (Lipinski definition) is 1. The molecule has 2 bridgehead atoms. The van der Waals surface area contributed by atoms with E-state index in [4.69, 9.17) is 4.74 Å². The monoisotopic (exact) mass is 366 g/mol. The van der Waals surface area contributed by atoms with Crippen LogP contribution in [0.2, 0.25) is 0 Å². The van der Waals surface area contributed by atoms with E-state index in [0.29, 0.717) is 24.0 Å². The van der Waals surface area contributed by atoms with Gasteiger partial charge in [0.15, 0.2) is 0 Å². The van der Waals surface area contributed by atoms with Crippen LogP contribution in [0.1, 0.15) is 32.6 Å². The molecule has 6 nitrogen and oxygen atoms in total. The highest BCUT2D eigenvalue weighted by atomic mass is 32.2. The van der Waals surface area contributed by atoms with Gasteiger partial charge in [0.25, 0.3) is 0 Å². The number of benzene rings is 1. The Bertz CT molecular complexity index is 717. The van der Waals surface area contributed by atoms with Crippen LogP contribution in [0.25, 0.3) is 0 Å². The molecule has 2 fully saturated rings. The molecule has 25 heavy (non-hydrogen) atoms. The van der Waals surface area contributed by atoms with E-state index in [1.807, 2.05) is 6.92 Å². The van der Waals surface area contributed by atoms with Gasteiger partial charge in [-0.2, -0.15) is 0 Å². The number of amides is 1. The minimum atomic E-state index is -3.55. The lowest BCUT2D eigenvalue weighted by Crippen LogP contribution is -2.45. The second kappa shape index (κ2) is 7.23. The molecule has 3 rings (SSSR count). The number of anilines is 1. The summed E-state index contributed by atoms with van der Waals surface area (Å²) in [6.07, 6.45) is 5.77. The fraction of sp³-hybridized carbons (Fsp3) is 0.611. The molecule has 1 amide bonds. The van der Waals surface area contributed by atoms with Crippen molar-refractivity contribution in [3.05, 3.63) is 24.3 Å². The number of fused-ring (bicyclic) bond motifs is 2. The van der Waals surface area contributed by atoms with E-state index >= 15 is 0 Å². The van der Waals surface area contributed by atoms with E-state index in [-0.39, 0.29) is 18.5 Å². The summed E-state index contributed by atoms with van der Waals surface area (Å²) in [4.78, 5) is 12.4. The van der Waals surface area contributed by atoms with Gasteiger partial charge in [-0.15, -0.1) is 0 Å². The molecule has 0 unspecified atom stereocenters. The Kier molecular flexibility index (Phi) is 5.22. The molecule has 2 saturated carbocycles. The molecule has 3 atom stereocenters. The van der Waals surface area contributed by atoms with Crippen molar-refractivity contribution < 1.29 is 17.9 Å². The summed E-state index contributed by atoms with van der Waals surface area (Å²) in [6.45, 7) is 2.23. The van der Waals surface area contributed by atoms with Crippen molar-refractivity contribution >= 4 is 21.6 Å². The first-order valence-corrected chi connectivity index (χ1v) is 10.7.